The van der Waals surface area contributed by atoms with Crippen molar-refractivity contribution in [2.45, 2.75) is 13.3 Å². The van der Waals surface area contributed by atoms with Gasteiger partial charge in [-0.25, -0.2) is 9.97 Å². The van der Waals surface area contributed by atoms with Crippen LogP contribution in [0.3, 0.4) is 0 Å². The third kappa shape index (κ3) is 3.44. The molecular formula is C16H16N4S. The topological polar surface area (TPSA) is 50.7 Å². The van der Waals surface area contributed by atoms with E-state index in [1.807, 2.05) is 25.1 Å². The molecule has 0 fully saturated rings. The maximum absolute atomic E-state index is 4.68. The van der Waals surface area contributed by atoms with Gasteiger partial charge < -0.3 is 5.32 Å². The Bertz CT molecular complexity index is 709. The molecule has 21 heavy (non-hydrogen) atoms. The largest absolute Gasteiger partial charge is 0.369 e. The van der Waals surface area contributed by atoms with Crippen LogP contribution in [0.1, 0.15) is 17.6 Å². The van der Waals surface area contributed by atoms with Crippen molar-refractivity contribution in [2.24, 2.45) is 0 Å². The molecule has 0 saturated carbocycles. The summed E-state index contributed by atoms with van der Waals surface area (Å²) in [6.07, 6.45) is 4.25. The van der Waals surface area contributed by atoms with Crippen LogP contribution < -0.4 is 5.32 Å². The average Bonchev–Trinajstić information content (AvgIpc) is 2.97. The Morgan fingerprint density at radius 3 is 2.76 bits per heavy atom. The highest BCUT2D eigenvalue weighted by Crippen LogP contribution is 2.22. The monoisotopic (exact) mass is 296 g/mol. The third-order valence-electron chi connectivity index (χ3n) is 3.00. The lowest BCUT2D eigenvalue weighted by atomic mass is 10.2. The molecule has 0 bridgehead atoms. The van der Waals surface area contributed by atoms with Gasteiger partial charge in [-0.15, -0.1) is 11.3 Å². The van der Waals surface area contributed by atoms with Gasteiger partial charge in [-0.05, 0) is 6.92 Å². The van der Waals surface area contributed by atoms with Crippen LogP contribution in [0.25, 0.3) is 11.3 Å². The van der Waals surface area contributed by atoms with E-state index in [1.165, 1.54) is 0 Å². The van der Waals surface area contributed by atoms with Crippen LogP contribution >= 0.6 is 11.3 Å². The zero-order valence-electron chi connectivity index (χ0n) is 11.8. The lowest BCUT2D eigenvalue weighted by molar-refractivity contribution is 1.00. The van der Waals surface area contributed by atoms with Gasteiger partial charge in [0.25, 0.3) is 0 Å². The zero-order valence-corrected chi connectivity index (χ0v) is 12.6. The van der Waals surface area contributed by atoms with E-state index in [4.69, 9.17) is 0 Å². The molecule has 0 atom stereocenters. The number of hydrogen-bond donors (Lipinski definition) is 1. The Labute approximate surface area is 127 Å². The van der Waals surface area contributed by atoms with Gasteiger partial charge >= 0.3 is 0 Å². The highest BCUT2D eigenvalue weighted by atomic mass is 32.1. The fourth-order valence-corrected chi connectivity index (χ4v) is 2.87. The first-order valence-electron chi connectivity index (χ1n) is 6.90. The Hall–Kier alpha value is -2.27. The summed E-state index contributed by atoms with van der Waals surface area (Å²) in [6, 6.07) is 10.2. The Morgan fingerprint density at radius 2 is 1.95 bits per heavy atom. The first-order valence-corrected chi connectivity index (χ1v) is 7.77. The van der Waals surface area contributed by atoms with Crippen LogP contribution in [-0.2, 0) is 6.42 Å². The van der Waals surface area contributed by atoms with E-state index in [0.29, 0.717) is 6.42 Å². The summed E-state index contributed by atoms with van der Waals surface area (Å²) >= 11 is 1.66. The van der Waals surface area contributed by atoms with Gasteiger partial charge in [0.15, 0.2) is 0 Å². The SMILES string of the molecule is CCNc1cncc(Cc2nc(-c3ccccc3)cs2)n1. The fraction of sp³-hybridized carbons (Fsp3) is 0.188. The molecule has 0 unspecified atom stereocenters. The summed E-state index contributed by atoms with van der Waals surface area (Å²) in [6.45, 7) is 2.88. The van der Waals surface area contributed by atoms with Gasteiger partial charge in [-0.2, -0.15) is 0 Å². The summed E-state index contributed by atoms with van der Waals surface area (Å²) in [4.78, 5) is 13.4. The first kappa shape index (κ1) is 13.7. The number of nitrogens with zero attached hydrogens (tertiary/aromatic N) is 3. The molecule has 5 heteroatoms. The van der Waals surface area contributed by atoms with Crippen molar-refractivity contribution in [2.75, 3.05) is 11.9 Å². The van der Waals surface area contributed by atoms with E-state index in [2.05, 4.69) is 37.8 Å². The number of thiazole rings is 1. The van der Waals surface area contributed by atoms with E-state index in [1.54, 1.807) is 23.7 Å². The Morgan fingerprint density at radius 1 is 1.10 bits per heavy atom. The summed E-state index contributed by atoms with van der Waals surface area (Å²) in [5, 5.41) is 6.32. The normalized spacial score (nSPS) is 10.5. The zero-order chi connectivity index (χ0) is 14.5. The molecule has 0 spiro atoms. The highest BCUT2D eigenvalue weighted by Gasteiger charge is 2.06. The summed E-state index contributed by atoms with van der Waals surface area (Å²) < 4.78 is 0. The van der Waals surface area contributed by atoms with Crippen molar-refractivity contribution < 1.29 is 0 Å². The van der Waals surface area contributed by atoms with Gasteiger partial charge in [0, 0.05) is 30.1 Å². The summed E-state index contributed by atoms with van der Waals surface area (Å²) in [7, 11) is 0. The quantitative estimate of drug-likeness (QED) is 0.781. The first-order chi connectivity index (χ1) is 10.3. The molecule has 3 aromatic rings. The molecule has 4 nitrogen and oxygen atoms in total. The van der Waals surface area contributed by atoms with Crippen molar-refractivity contribution in [3.8, 4) is 11.3 Å². The van der Waals surface area contributed by atoms with E-state index in [9.17, 15) is 0 Å². The Kier molecular flexibility index (Phi) is 4.21. The van der Waals surface area contributed by atoms with Crippen molar-refractivity contribution in [1.82, 2.24) is 15.0 Å². The molecule has 2 aromatic heterocycles. The second-order valence-corrected chi connectivity index (χ2v) is 5.54. The number of anilines is 1. The molecular weight excluding hydrogens is 280 g/mol. The molecule has 0 aliphatic carbocycles. The number of aromatic nitrogens is 3. The van der Waals surface area contributed by atoms with Gasteiger partial charge in [-0.1, -0.05) is 30.3 Å². The van der Waals surface area contributed by atoms with E-state index >= 15 is 0 Å². The Balaban J connectivity index is 1.77. The standard InChI is InChI=1S/C16H16N4S/c1-2-18-15-10-17-9-13(19-15)8-16-20-14(11-21-16)12-6-4-3-5-7-12/h3-7,9-11H,2,8H2,1H3,(H,18,19). The molecule has 3 rings (SSSR count). The number of hydrogen-bond acceptors (Lipinski definition) is 5. The molecule has 106 valence electrons. The van der Waals surface area contributed by atoms with Crippen LogP contribution in [0.4, 0.5) is 5.82 Å². The minimum absolute atomic E-state index is 0.712. The molecule has 0 amide bonds. The maximum atomic E-state index is 4.68. The molecule has 2 heterocycles. The average molecular weight is 296 g/mol. The molecule has 0 aliphatic rings. The van der Waals surface area contributed by atoms with Crippen molar-refractivity contribution in [1.29, 1.82) is 0 Å². The second kappa shape index (κ2) is 6.45. The summed E-state index contributed by atoms with van der Waals surface area (Å²) in [5.41, 5.74) is 3.10. The molecule has 1 aromatic carbocycles. The number of rotatable bonds is 5. The van der Waals surface area contributed by atoms with Gasteiger partial charge in [0.2, 0.25) is 0 Å². The van der Waals surface area contributed by atoms with Crippen LogP contribution in [0.5, 0.6) is 0 Å². The van der Waals surface area contributed by atoms with Gasteiger partial charge in [-0.3, -0.25) is 4.98 Å². The van der Waals surface area contributed by atoms with E-state index in [0.717, 1.165) is 34.3 Å². The predicted molar refractivity (Wildman–Crippen MR) is 86.6 cm³/mol. The number of nitrogens with one attached hydrogen (secondary N) is 1. The van der Waals surface area contributed by atoms with Gasteiger partial charge in [0.1, 0.15) is 5.82 Å². The van der Waals surface area contributed by atoms with Crippen LogP contribution in [0, 0.1) is 0 Å². The molecule has 0 saturated heterocycles. The fourth-order valence-electron chi connectivity index (χ4n) is 2.05. The number of benzene rings is 1. The van der Waals surface area contributed by atoms with Crippen LogP contribution in [-0.4, -0.2) is 21.5 Å². The molecule has 0 aliphatic heterocycles. The van der Waals surface area contributed by atoms with Crippen LogP contribution in [0.2, 0.25) is 0 Å². The van der Waals surface area contributed by atoms with Crippen molar-refractivity contribution in [3.63, 3.8) is 0 Å². The minimum atomic E-state index is 0.712. The lowest BCUT2D eigenvalue weighted by Gasteiger charge is -2.03. The van der Waals surface area contributed by atoms with Crippen molar-refractivity contribution in [3.05, 3.63) is 58.8 Å². The molecule has 1 N–H and O–H groups in total. The third-order valence-corrected chi connectivity index (χ3v) is 3.84. The van der Waals surface area contributed by atoms with Crippen LogP contribution in [0.15, 0.2) is 48.1 Å². The highest BCUT2D eigenvalue weighted by molar-refractivity contribution is 7.10. The minimum Gasteiger partial charge on any atom is -0.369 e. The second-order valence-electron chi connectivity index (χ2n) is 4.60. The summed E-state index contributed by atoms with van der Waals surface area (Å²) in [5.74, 6) is 0.815. The van der Waals surface area contributed by atoms with E-state index in [-0.39, 0.29) is 0 Å². The maximum Gasteiger partial charge on any atom is 0.144 e. The molecule has 0 radical (unpaired) electrons. The lowest BCUT2D eigenvalue weighted by Crippen LogP contribution is -2.02. The smallest absolute Gasteiger partial charge is 0.144 e. The van der Waals surface area contributed by atoms with E-state index < -0.39 is 0 Å². The predicted octanol–water partition coefficient (Wildman–Crippen LogP) is 3.62. The van der Waals surface area contributed by atoms with Gasteiger partial charge in [0.05, 0.1) is 22.6 Å². The van der Waals surface area contributed by atoms with Crippen molar-refractivity contribution >= 4 is 17.2 Å².